The maximum atomic E-state index is 5.47. The zero-order chi connectivity index (χ0) is 13.0. The molecule has 2 aromatic rings. The summed E-state index contributed by atoms with van der Waals surface area (Å²) in [7, 11) is 1.78. The van der Waals surface area contributed by atoms with Gasteiger partial charge in [-0.15, -0.1) is 5.10 Å². The summed E-state index contributed by atoms with van der Waals surface area (Å²) in [6.07, 6.45) is 2.58. The molecule has 2 heterocycles. The van der Waals surface area contributed by atoms with Gasteiger partial charge in [0.2, 0.25) is 11.8 Å². The molecule has 0 unspecified atom stereocenters. The Kier molecular flexibility index (Phi) is 3.71. The first-order valence-corrected chi connectivity index (χ1v) is 5.80. The third-order valence-electron chi connectivity index (χ3n) is 2.14. The van der Waals surface area contributed by atoms with Crippen molar-refractivity contribution in [3.05, 3.63) is 18.1 Å². The van der Waals surface area contributed by atoms with E-state index in [0.717, 1.165) is 18.7 Å². The summed E-state index contributed by atoms with van der Waals surface area (Å²) >= 11 is 0. The molecule has 0 radical (unpaired) electrons. The number of ether oxygens (including phenoxy) is 1. The lowest BCUT2D eigenvalue weighted by Gasteiger charge is -2.06. The maximum Gasteiger partial charge on any atom is 0.342 e. The van der Waals surface area contributed by atoms with E-state index in [1.807, 2.05) is 6.92 Å². The van der Waals surface area contributed by atoms with Crippen LogP contribution in [0.5, 0.6) is 11.9 Å². The Morgan fingerprint density at radius 1 is 1.39 bits per heavy atom. The molecule has 7 nitrogen and oxygen atoms in total. The van der Waals surface area contributed by atoms with E-state index in [2.05, 4.69) is 32.3 Å². The number of nitrogens with zero attached hydrogens (tertiary/aromatic N) is 5. The van der Waals surface area contributed by atoms with Crippen LogP contribution in [0.15, 0.2) is 12.4 Å². The molecule has 0 saturated carbocycles. The van der Waals surface area contributed by atoms with Crippen molar-refractivity contribution in [2.24, 2.45) is 7.05 Å². The van der Waals surface area contributed by atoms with Crippen LogP contribution in [0.3, 0.4) is 0 Å². The molecule has 0 spiro atoms. The van der Waals surface area contributed by atoms with Gasteiger partial charge < -0.3 is 10.1 Å². The predicted octanol–water partition coefficient (Wildman–Crippen LogP) is 1.53. The Morgan fingerprint density at radius 2 is 2.22 bits per heavy atom. The number of aryl methyl sites for hydroxylation is 2. The summed E-state index contributed by atoms with van der Waals surface area (Å²) in [5.74, 6) is 0.995. The van der Waals surface area contributed by atoms with E-state index in [1.54, 1.807) is 24.1 Å². The van der Waals surface area contributed by atoms with Gasteiger partial charge in [-0.1, -0.05) is 6.92 Å². The van der Waals surface area contributed by atoms with Crippen molar-refractivity contribution < 1.29 is 4.74 Å². The third-order valence-corrected chi connectivity index (χ3v) is 2.14. The summed E-state index contributed by atoms with van der Waals surface area (Å²) in [6, 6.07) is 2.02. The molecule has 96 valence electrons. The van der Waals surface area contributed by atoms with E-state index in [-0.39, 0.29) is 6.01 Å². The molecular formula is C11H16N6O. The molecule has 0 aromatic carbocycles. The van der Waals surface area contributed by atoms with Crippen molar-refractivity contribution in [2.75, 3.05) is 11.9 Å². The summed E-state index contributed by atoms with van der Waals surface area (Å²) in [5, 5.41) is 7.15. The lowest BCUT2D eigenvalue weighted by atomic mass is 10.4. The van der Waals surface area contributed by atoms with Crippen LogP contribution in [0, 0.1) is 6.92 Å². The van der Waals surface area contributed by atoms with Crippen LogP contribution in [0.1, 0.15) is 19.0 Å². The molecule has 0 bridgehead atoms. The molecule has 0 fully saturated rings. The normalized spacial score (nSPS) is 10.4. The number of hydrogen-bond donors (Lipinski definition) is 1. The van der Waals surface area contributed by atoms with Gasteiger partial charge >= 0.3 is 6.01 Å². The fraction of sp³-hybridized carbons (Fsp3) is 0.455. The van der Waals surface area contributed by atoms with Gasteiger partial charge in [0.15, 0.2) is 0 Å². The second kappa shape index (κ2) is 5.44. The van der Waals surface area contributed by atoms with E-state index in [0.29, 0.717) is 11.8 Å². The molecule has 0 amide bonds. The van der Waals surface area contributed by atoms with Crippen molar-refractivity contribution in [3.63, 3.8) is 0 Å². The SMILES string of the molecule is CCCNc1nc(C)cc(Oc2ncn(C)n2)n1. The Balaban J connectivity index is 2.14. The minimum absolute atomic E-state index is 0.275. The highest BCUT2D eigenvalue weighted by molar-refractivity contribution is 5.31. The van der Waals surface area contributed by atoms with E-state index < -0.39 is 0 Å². The van der Waals surface area contributed by atoms with Crippen molar-refractivity contribution in [1.82, 2.24) is 24.7 Å². The monoisotopic (exact) mass is 248 g/mol. The van der Waals surface area contributed by atoms with Gasteiger partial charge in [0.25, 0.3) is 0 Å². The summed E-state index contributed by atoms with van der Waals surface area (Å²) < 4.78 is 7.04. The average Bonchev–Trinajstić information content (AvgIpc) is 2.71. The first-order chi connectivity index (χ1) is 8.67. The Labute approximate surface area is 105 Å². The fourth-order valence-corrected chi connectivity index (χ4v) is 1.37. The molecule has 0 saturated heterocycles. The second-order valence-electron chi connectivity index (χ2n) is 3.90. The van der Waals surface area contributed by atoms with Crippen molar-refractivity contribution >= 4 is 5.95 Å². The number of anilines is 1. The largest absolute Gasteiger partial charge is 0.404 e. The Morgan fingerprint density at radius 3 is 2.89 bits per heavy atom. The number of hydrogen-bond acceptors (Lipinski definition) is 6. The van der Waals surface area contributed by atoms with E-state index in [4.69, 9.17) is 4.74 Å². The van der Waals surface area contributed by atoms with Gasteiger partial charge in [-0.3, -0.25) is 4.68 Å². The van der Waals surface area contributed by atoms with Crippen molar-refractivity contribution in [1.29, 1.82) is 0 Å². The zero-order valence-corrected chi connectivity index (χ0v) is 10.7. The van der Waals surface area contributed by atoms with Gasteiger partial charge in [-0.05, 0) is 13.3 Å². The third kappa shape index (κ3) is 3.16. The molecule has 0 aliphatic heterocycles. The lowest BCUT2D eigenvalue weighted by molar-refractivity contribution is 0.421. The topological polar surface area (TPSA) is 77.8 Å². The van der Waals surface area contributed by atoms with Crippen LogP contribution < -0.4 is 10.1 Å². The lowest BCUT2D eigenvalue weighted by Crippen LogP contribution is -2.06. The fourth-order valence-electron chi connectivity index (χ4n) is 1.37. The van der Waals surface area contributed by atoms with E-state index >= 15 is 0 Å². The molecule has 18 heavy (non-hydrogen) atoms. The highest BCUT2D eigenvalue weighted by Crippen LogP contribution is 2.17. The zero-order valence-electron chi connectivity index (χ0n) is 10.7. The van der Waals surface area contributed by atoms with Crippen LogP contribution in [0.4, 0.5) is 5.95 Å². The molecule has 0 atom stereocenters. The summed E-state index contributed by atoms with van der Waals surface area (Å²) in [4.78, 5) is 12.5. The maximum absolute atomic E-state index is 5.47. The minimum Gasteiger partial charge on any atom is -0.404 e. The molecule has 2 aromatic heterocycles. The van der Waals surface area contributed by atoms with Gasteiger partial charge in [-0.25, -0.2) is 4.98 Å². The Bertz CT molecular complexity index is 524. The van der Waals surface area contributed by atoms with Gasteiger partial charge in [0, 0.05) is 25.4 Å². The minimum atomic E-state index is 0.275. The molecule has 2 rings (SSSR count). The predicted molar refractivity (Wildman–Crippen MR) is 66.6 cm³/mol. The van der Waals surface area contributed by atoms with Crippen LogP contribution in [-0.4, -0.2) is 31.3 Å². The van der Waals surface area contributed by atoms with Gasteiger partial charge in [0.05, 0.1) is 0 Å². The van der Waals surface area contributed by atoms with E-state index in [1.165, 1.54) is 0 Å². The molecule has 0 aliphatic rings. The van der Waals surface area contributed by atoms with Gasteiger partial charge in [0.1, 0.15) is 6.33 Å². The molecule has 1 N–H and O–H groups in total. The van der Waals surface area contributed by atoms with Crippen LogP contribution in [0.2, 0.25) is 0 Å². The Hall–Kier alpha value is -2.18. The van der Waals surface area contributed by atoms with Crippen molar-refractivity contribution in [2.45, 2.75) is 20.3 Å². The van der Waals surface area contributed by atoms with Crippen molar-refractivity contribution in [3.8, 4) is 11.9 Å². The molecular weight excluding hydrogens is 232 g/mol. The first kappa shape index (κ1) is 12.3. The highest BCUT2D eigenvalue weighted by atomic mass is 16.5. The highest BCUT2D eigenvalue weighted by Gasteiger charge is 2.06. The summed E-state index contributed by atoms with van der Waals surface area (Å²) in [6.45, 7) is 4.79. The first-order valence-electron chi connectivity index (χ1n) is 5.80. The van der Waals surface area contributed by atoms with E-state index in [9.17, 15) is 0 Å². The second-order valence-corrected chi connectivity index (χ2v) is 3.90. The van der Waals surface area contributed by atoms with Crippen LogP contribution >= 0.6 is 0 Å². The molecule has 0 aliphatic carbocycles. The molecule has 7 heteroatoms. The number of rotatable bonds is 5. The van der Waals surface area contributed by atoms with Crippen LogP contribution in [-0.2, 0) is 7.05 Å². The number of nitrogens with one attached hydrogen (secondary N) is 1. The van der Waals surface area contributed by atoms with Crippen LogP contribution in [0.25, 0.3) is 0 Å². The number of aromatic nitrogens is 5. The summed E-state index contributed by atoms with van der Waals surface area (Å²) in [5.41, 5.74) is 0.828. The average molecular weight is 248 g/mol. The quantitative estimate of drug-likeness (QED) is 0.864. The standard InChI is InChI=1S/C11H16N6O/c1-4-5-12-10-14-8(2)6-9(15-10)18-11-13-7-17(3)16-11/h6-7H,4-5H2,1-3H3,(H,12,14,15). The smallest absolute Gasteiger partial charge is 0.342 e. The van der Waals surface area contributed by atoms with Gasteiger partial charge in [-0.2, -0.15) is 9.97 Å².